The molecule has 4 nitrogen and oxygen atoms in total. The molecular weight excluding hydrogens is 272 g/mol. The maximum Gasteiger partial charge on any atom is 0.156 e. The molecule has 86 valence electrons. The molecule has 0 bridgehead atoms. The van der Waals surface area contributed by atoms with Crippen molar-refractivity contribution in [3.05, 3.63) is 22.4 Å². The highest BCUT2D eigenvalue weighted by Crippen LogP contribution is 2.31. The molecule has 1 aromatic rings. The van der Waals surface area contributed by atoms with Crippen LogP contribution in [0.2, 0.25) is 0 Å². The van der Waals surface area contributed by atoms with Crippen LogP contribution in [0.15, 0.2) is 16.7 Å². The summed E-state index contributed by atoms with van der Waals surface area (Å²) in [6.07, 6.45) is 4.88. The monoisotopic (exact) mass is 284 g/mol. The van der Waals surface area contributed by atoms with Crippen LogP contribution in [0.25, 0.3) is 5.57 Å². The molecule has 1 aromatic heterocycles. The number of ketones is 1. The van der Waals surface area contributed by atoms with Crippen molar-refractivity contribution in [2.75, 3.05) is 13.7 Å². The standard InChI is InChI=1S/C11H13BrN2O2/c1-16-5-4-14-11(10(12)7-13-14)8-2-3-9(15)6-8/h6-7H,2-5H2,1H3. The van der Waals surface area contributed by atoms with E-state index < -0.39 is 0 Å². The predicted octanol–water partition coefficient (Wildman–Crippen LogP) is 2.04. The predicted molar refractivity (Wildman–Crippen MR) is 64.0 cm³/mol. The number of carbonyl (C=O) groups excluding carboxylic acids is 1. The summed E-state index contributed by atoms with van der Waals surface area (Å²) in [7, 11) is 1.66. The van der Waals surface area contributed by atoms with Crippen LogP contribution in [0.5, 0.6) is 0 Å². The van der Waals surface area contributed by atoms with Gasteiger partial charge < -0.3 is 4.74 Å². The highest BCUT2D eigenvalue weighted by molar-refractivity contribution is 9.10. The summed E-state index contributed by atoms with van der Waals surface area (Å²) in [5.41, 5.74) is 2.06. The van der Waals surface area contributed by atoms with Gasteiger partial charge in [-0.2, -0.15) is 5.10 Å². The Balaban J connectivity index is 2.28. The van der Waals surface area contributed by atoms with Crippen molar-refractivity contribution in [1.29, 1.82) is 0 Å². The van der Waals surface area contributed by atoms with E-state index >= 15 is 0 Å². The highest BCUT2D eigenvalue weighted by atomic mass is 79.9. The minimum Gasteiger partial charge on any atom is -0.383 e. The third-order valence-corrected chi connectivity index (χ3v) is 3.16. The van der Waals surface area contributed by atoms with Gasteiger partial charge in [-0.25, -0.2) is 0 Å². The zero-order chi connectivity index (χ0) is 11.5. The Morgan fingerprint density at radius 1 is 1.56 bits per heavy atom. The van der Waals surface area contributed by atoms with E-state index in [1.807, 2.05) is 4.68 Å². The van der Waals surface area contributed by atoms with Gasteiger partial charge in [-0.15, -0.1) is 0 Å². The Labute approximate surface area is 102 Å². The van der Waals surface area contributed by atoms with Crippen molar-refractivity contribution in [1.82, 2.24) is 9.78 Å². The molecule has 0 N–H and O–H groups in total. The zero-order valence-corrected chi connectivity index (χ0v) is 10.7. The third-order valence-electron chi connectivity index (χ3n) is 2.58. The van der Waals surface area contributed by atoms with Crippen LogP contribution in [-0.2, 0) is 16.1 Å². The Hall–Kier alpha value is -0.940. The normalized spacial score (nSPS) is 15.6. The summed E-state index contributed by atoms with van der Waals surface area (Å²) in [6, 6.07) is 0. The lowest BCUT2D eigenvalue weighted by Gasteiger charge is -2.07. The van der Waals surface area contributed by atoms with Crippen molar-refractivity contribution in [3.63, 3.8) is 0 Å². The summed E-state index contributed by atoms with van der Waals surface area (Å²) in [4.78, 5) is 11.2. The van der Waals surface area contributed by atoms with Crippen molar-refractivity contribution >= 4 is 27.3 Å². The van der Waals surface area contributed by atoms with Gasteiger partial charge in [0.2, 0.25) is 0 Å². The lowest BCUT2D eigenvalue weighted by atomic mass is 10.2. The number of aromatic nitrogens is 2. The van der Waals surface area contributed by atoms with E-state index in [4.69, 9.17) is 4.74 Å². The number of rotatable bonds is 4. The first-order valence-corrected chi connectivity index (χ1v) is 5.95. The number of nitrogens with zero attached hydrogens (tertiary/aromatic N) is 2. The minimum absolute atomic E-state index is 0.196. The second kappa shape index (κ2) is 4.93. The molecule has 0 atom stereocenters. The number of ether oxygens (including phenoxy) is 1. The van der Waals surface area contributed by atoms with Gasteiger partial charge in [0, 0.05) is 13.5 Å². The van der Waals surface area contributed by atoms with Crippen LogP contribution in [0.3, 0.4) is 0 Å². The van der Waals surface area contributed by atoms with Crippen LogP contribution < -0.4 is 0 Å². The number of carbonyl (C=O) groups is 1. The lowest BCUT2D eigenvalue weighted by Crippen LogP contribution is -2.08. The second-order valence-corrected chi connectivity index (χ2v) is 4.55. The Bertz CT molecular complexity index is 437. The fourth-order valence-electron chi connectivity index (χ4n) is 1.81. The summed E-state index contributed by atoms with van der Waals surface area (Å²) in [5, 5.41) is 4.26. The van der Waals surface area contributed by atoms with E-state index in [9.17, 15) is 4.79 Å². The first kappa shape index (κ1) is 11.5. The topological polar surface area (TPSA) is 44.1 Å². The maximum absolute atomic E-state index is 11.2. The summed E-state index contributed by atoms with van der Waals surface area (Å²) in [5.74, 6) is 0.196. The lowest BCUT2D eigenvalue weighted by molar-refractivity contribution is -0.114. The molecule has 16 heavy (non-hydrogen) atoms. The molecule has 1 aliphatic carbocycles. The number of hydrogen-bond acceptors (Lipinski definition) is 3. The van der Waals surface area contributed by atoms with Crippen LogP contribution in [0, 0.1) is 0 Å². The molecule has 0 amide bonds. The van der Waals surface area contributed by atoms with Crippen molar-refractivity contribution in [3.8, 4) is 0 Å². The fourth-order valence-corrected chi connectivity index (χ4v) is 2.36. The number of hydrogen-bond donors (Lipinski definition) is 0. The molecule has 0 saturated heterocycles. The van der Waals surface area contributed by atoms with Crippen LogP contribution in [0.4, 0.5) is 0 Å². The Morgan fingerprint density at radius 2 is 2.38 bits per heavy atom. The molecule has 2 rings (SSSR count). The van der Waals surface area contributed by atoms with Gasteiger partial charge in [-0.05, 0) is 34.0 Å². The number of halogens is 1. The third kappa shape index (κ3) is 2.25. The molecule has 0 unspecified atom stereocenters. The molecule has 0 saturated carbocycles. The van der Waals surface area contributed by atoms with Crippen LogP contribution in [-0.4, -0.2) is 29.3 Å². The first-order chi connectivity index (χ1) is 7.72. The van der Waals surface area contributed by atoms with E-state index in [1.54, 1.807) is 19.4 Å². The average Bonchev–Trinajstić information content (AvgIpc) is 2.82. The van der Waals surface area contributed by atoms with Crippen LogP contribution >= 0.6 is 15.9 Å². The second-order valence-electron chi connectivity index (χ2n) is 3.69. The molecular formula is C11H13BrN2O2. The van der Waals surface area contributed by atoms with Gasteiger partial charge in [0.05, 0.1) is 29.5 Å². The molecule has 1 heterocycles. The van der Waals surface area contributed by atoms with Crippen molar-refractivity contribution in [2.24, 2.45) is 0 Å². The highest BCUT2D eigenvalue weighted by Gasteiger charge is 2.19. The van der Waals surface area contributed by atoms with Gasteiger partial charge in [0.25, 0.3) is 0 Å². The van der Waals surface area contributed by atoms with Gasteiger partial charge in [0.15, 0.2) is 5.78 Å². The number of allylic oxidation sites excluding steroid dienone is 2. The smallest absolute Gasteiger partial charge is 0.156 e. The Morgan fingerprint density at radius 3 is 3.00 bits per heavy atom. The SMILES string of the molecule is COCCn1ncc(Br)c1C1=CC(=O)CC1. The van der Waals surface area contributed by atoms with Gasteiger partial charge in [-0.3, -0.25) is 9.48 Å². The molecule has 0 fully saturated rings. The summed E-state index contributed by atoms with van der Waals surface area (Å²) in [6.45, 7) is 1.31. The summed E-state index contributed by atoms with van der Waals surface area (Å²) < 4.78 is 7.84. The van der Waals surface area contributed by atoms with Gasteiger partial charge >= 0.3 is 0 Å². The summed E-state index contributed by atoms with van der Waals surface area (Å²) >= 11 is 3.46. The van der Waals surface area contributed by atoms with Crippen molar-refractivity contribution in [2.45, 2.75) is 19.4 Å². The van der Waals surface area contributed by atoms with Gasteiger partial charge in [0.1, 0.15) is 0 Å². The quantitative estimate of drug-likeness (QED) is 0.850. The maximum atomic E-state index is 11.2. The fraction of sp³-hybridized carbons (Fsp3) is 0.455. The molecule has 1 aliphatic rings. The molecule has 0 spiro atoms. The van der Waals surface area contributed by atoms with E-state index in [0.717, 1.165) is 22.2 Å². The van der Waals surface area contributed by atoms with Crippen LogP contribution in [0.1, 0.15) is 18.5 Å². The minimum atomic E-state index is 0.196. The van der Waals surface area contributed by atoms with Gasteiger partial charge in [-0.1, -0.05) is 0 Å². The van der Waals surface area contributed by atoms with E-state index in [-0.39, 0.29) is 5.78 Å². The molecule has 5 heteroatoms. The number of methoxy groups -OCH3 is 1. The first-order valence-electron chi connectivity index (χ1n) is 5.16. The van der Waals surface area contributed by atoms with Crippen molar-refractivity contribution < 1.29 is 9.53 Å². The average molecular weight is 285 g/mol. The zero-order valence-electron chi connectivity index (χ0n) is 9.07. The van der Waals surface area contributed by atoms with E-state index in [0.29, 0.717) is 19.6 Å². The molecule has 0 aliphatic heterocycles. The largest absolute Gasteiger partial charge is 0.383 e. The van der Waals surface area contributed by atoms with E-state index in [2.05, 4.69) is 21.0 Å². The Kier molecular flexibility index (Phi) is 3.56. The molecule has 0 radical (unpaired) electrons. The van der Waals surface area contributed by atoms with E-state index in [1.165, 1.54) is 0 Å². The molecule has 0 aromatic carbocycles.